The molecular weight excluding hydrogens is 292 g/mol. The highest BCUT2D eigenvalue weighted by molar-refractivity contribution is 5.94. The van der Waals surface area contributed by atoms with Crippen LogP contribution in [0.25, 0.3) is 0 Å². The zero-order chi connectivity index (χ0) is 15.9. The number of halogens is 2. The molecule has 5 nitrogen and oxygen atoms in total. The Balaban J connectivity index is 1.91. The van der Waals surface area contributed by atoms with E-state index in [1.54, 1.807) is 18.6 Å². The Morgan fingerprint density at radius 1 is 1.27 bits per heavy atom. The van der Waals surface area contributed by atoms with Crippen LogP contribution in [0.4, 0.5) is 8.78 Å². The maximum absolute atomic E-state index is 12.0. The third-order valence-electron chi connectivity index (χ3n) is 2.85. The van der Waals surface area contributed by atoms with Crippen LogP contribution < -0.4 is 10.1 Å². The van der Waals surface area contributed by atoms with Crippen LogP contribution in [0.1, 0.15) is 23.0 Å². The van der Waals surface area contributed by atoms with Gasteiger partial charge in [-0.2, -0.15) is 8.78 Å². The normalized spacial score (nSPS) is 12.0. The van der Waals surface area contributed by atoms with Gasteiger partial charge in [0.15, 0.2) is 0 Å². The van der Waals surface area contributed by atoms with E-state index in [9.17, 15) is 13.6 Å². The molecule has 1 aromatic heterocycles. The largest absolute Gasteiger partial charge is 0.435 e. The van der Waals surface area contributed by atoms with Gasteiger partial charge in [0.1, 0.15) is 5.75 Å². The Hall–Kier alpha value is -2.57. The summed E-state index contributed by atoms with van der Waals surface area (Å²) in [6.07, 6.45) is 5.35. The number of alkyl halides is 2. The van der Waals surface area contributed by atoms with Crippen molar-refractivity contribution in [2.24, 2.45) is 0 Å². The van der Waals surface area contributed by atoms with E-state index in [1.165, 1.54) is 24.3 Å². The molecule has 0 bridgehead atoms. The summed E-state index contributed by atoms with van der Waals surface area (Å²) in [5.74, 6) is -0.279. The Morgan fingerprint density at radius 3 is 2.59 bits per heavy atom. The Bertz CT molecular complexity index is 606. The summed E-state index contributed by atoms with van der Waals surface area (Å²) in [6, 6.07) is 5.38. The lowest BCUT2D eigenvalue weighted by Crippen LogP contribution is -2.34. The molecule has 0 spiro atoms. The van der Waals surface area contributed by atoms with Gasteiger partial charge < -0.3 is 10.1 Å². The van der Waals surface area contributed by atoms with Crippen molar-refractivity contribution in [3.63, 3.8) is 0 Å². The van der Waals surface area contributed by atoms with Gasteiger partial charge in [-0.15, -0.1) is 0 Å². The second-order valence-electron chi connectivity index (χ2n) is 4.68. The van der Waals surface area contributed by atoms with Crippen molar-refractivity contribution in [3.05, 3.63) is 54.1 Å². The van der Waals surface area contributed by atoms with Crippen molar-refractivity contribution in [1.29, 1.82) is 0 Å². The van der Waals surface area contributed by atoms with Crippen molar-refractivity contribution in [3.8, 4) is 5.75 Å². The van der Waals surface area contributed by atoms with Crippen LogP contribution >= 0.6 is 0 Å². The van der Waals surface area contributed by atoms with Crippen LogP contribution in [-0.4, -0.2) is 28.5 Å². The topological polar surface area (TPSA) is 64.1 Å². The van der Waals surface area contributed by atoms with Gasteiger partial charge in [-0.3, -0.25) is 14.8 Å². The fraction of sp³-hybridized carbons (Fsp3) is 0.267. The van der Waals surface area contributed by atoms with Crippen molar-refractivity contribution >= 4 is 5.91 Å². The van der Waals surface area contributed by atoms with Gasteiger partial charge in [0.25, 0.3) is 5.91 Å². The van der Waals surface area contributed by atoms with Crippen molar-refractivity contribution in [2.75, 3.05) is 0 Å². The molecule has 0 fully saturated rings. The van der Waals surface area contributed by atoms with Crippen LogP contribution in [0.3, 0.4) is 0 Å². The van der Waals surface area contributed by atoms with E-state index >= 15 is 0 Å². The van der Waals surface area contributed by atoms with E-state index < -0.39 is 6.61 Å². The minimum absolute atomic E-state index is 0.0131. The summed E-state index contributed by atoms with van der Waals surface area (Å²) in [6.45, 7) is -1.03. The van der Waals surface area contributed by atoms with Crippen molar-refractivity contribution < 1.29 is 18.3 Å². The maximum Gasteiger partial charge on any atom is 0.387 e. The van der Waals surface area contributed by atoms with Gasteiger partial charge in [-0.05, 0) is 31.2 Å². The second-order valence-corrected chi connectivity index (χ2v) is 4.68. The van der Waals surface area contributed by atoms with Crippen molar-refractivity contribution in [2.45, 2.75) is 26.0 Å². The fourth-order valence-electron chi connectivity index (χ4n) is 1.89. The minimum atomic E-state index is -2.88. The number of hydrogen-bond donors (Lipinski definition) is 1. The van der Waals surface area contributed by atoms with E-state index in [0.717, 1.165) is 5.69 Å². The molecule has 0 aliphatic rings. The molecule has 2 aromatic rings. The summed E-state index contributed by atoms with van der Waals surface area (Å²) >= 11 is 0. The molecule has 0 aliphatic carbocycles. The van der Waals surface area contributed by atoms with Gasteiger partial charge in [0.05, 0.1) is 5.69 Å². The zero-order valence-electron chi connectivity index (χ0n) is 11.9. The standard InChI is InChI=1S/C15H15F2N3O2/c1-10(8-12-9-18-6-7-19-12)20-14(21)11-2-4-13(5-3-11)22-15(16)17/h2-7,9-10,15H,8H2,1H3,(H,20,21)/t10-/m0/s1. The molecule has 0 unspecified atom stereocenters. The van der Waals surface area contributed by atoms with Crippen LogP contribution in [0.2, 0.25) is 0 Å². The van der Waals surface area contributed by atoms with E-state index in [2.05, 4.69) is 20.0 Å². The SMILES string of the molecule is C[C@@H](Cc1cnccn1)NC(=O)c1ccc(OC(F)F)cc1. The molecule has 0 aliphatic heterocycles. The predicted molar refractivity (Wildman–Crippen MR) is 75.7 cm³/mol. The summed E-state index contributed by atoms with van der Waals surface area (Å²) in [5, 5.41) is 2.81. The maximum atomic E-state index is 12.0. The number of nitrogens with one attached hydrogen (secondary N) is 1. The first-order valence-electron chi connectivity index (χ1n) is 6.65. The smallest absolute Gasteiger partial charge is 0.387 e. The van der Waals surface area contributed by atoms with Gasteiger partial charge in [0, 0.05) is 36.6 Å². The first-order valence-corrected chi connectivity index (χ1v) is 6.65. The molecule has 1 N–H and O–H groups in total. The summed E-state index contributed by atoms with van der Waals surface area (Å²) in [5.41, 5.74) is 1.14. The molecule has 0 radical (unpaired) electrons. The van der Waals surface area contributed by atoms with Gasteiger partial charge in [0.2, 0.25) is 0 Å². The van der Waals surface area contributed by atoms with Crippen LogP contribution in [0.5, 0.6) is 5.75 Å². The van der Waals surface area contributed by atoms with Crippen LogP contribution in [-0.2, 0) is 6.42 Å². The Morgan fingerprint density at radius 2 is 2.00 bits per heavy atom. The molecule has 2 rings (SSSR count). The van der Waals surface area contributed by atoms with Gasteiger partial charge >= 0.3 is 6.61 Å². The number of hydrogen-bond acceptors (Lipinski definition) is 4. The molecular formula is C15H15F2N3O2. The molecule has 116 valence electrons. The first kappa shape index (κ1) is 15.8. The molecule has 0 saturated heterocycles. The fourth-order valence-corrected chi connectivity index (χ4v) is 1.89. The molecule has 1 aromatic carbocycles. The van der Waals surface area contributed by atoms with Crippen LogP contribution in [0.15, 0.2) is 42.9 Å². The summed E-state index contributed by atoms with van der Waals surface area (Å²) < 4.78 is 28.3. The predicted octanol–water partition coefficient (Wildman–Crippen LogP) is 2.44. The monoisotopic (exact) mass is 307 g/mol. The molecule has 7 heteroatoms. The number of nitrogens with zero attached hydrogens (tertiary/aromatic N) is 2. The van der Waals surface area contributed by atoms with Crippen molar-refractivity contribution in [1.82, 2.24) is 15.3 Å². The number of amides is 1. The molecule has 0 saturated carbocycles. The van der Waals surface area contributed by atoms with Crippen LogP contribution in [0, 0.1) is 0 Å². The average molecular weight is 307 g/mol. The highest BCUT2D eigenvalue weighted by Gasteiger charge is 2.12. The lowest BCUT2D eigenvalue weighted by molar-refractivity contribution is -0.0498. The van der Waals surface area contributed by atoms with E-state index in [-0.39, 0.29) is 17.7 Å². The number of carbonyl (C=O) groups is 1. The lowest BCUT2D eigenvalue weighted by Gasteiger charge is -2.13. The van der Waals surface area contributed by atoms with E-state index in [0.29, 0.717) is 12.0 Å². The third-order valence-corrected chi connectivity index (χ3v) is 2.85. The van der Waals surface area contributed by atoms with E-state index in [4.69, 9.17) is 0 Å². The Kier molecular flexibility index (Phi) is 5.35. The molecule has 1 heterocycles. The first-order chi connectivity index (χ1) is 10.5. The number of rotatable bonds is 6. The third kappa shape index (κ3) is 4.76. The average Bonchev–Trinajstić information content (AvgIpc) is 2.48. The molecule has 22 heavy (non-hydrogen) atoms. The molecule has 1 amide bonds. The van der Waals surface area contributed by atoms with Gasteiger partial charge in [-0.25, -0.2) is 0 Å². The zero-order valence-corrected chi connectivity index (χ0v) is 11.9. The number of carbonyl (C=O) groups excluding carboxylic acids is 1. The summed E-state index contributed by atoms with van der Waals surface area (Å²) in [7, 11) is 0. The Labute approximate surface area is 126 Å². The van der Waals surface area contributed by atoms with E-state index in [1.807, 2.05) is 6.92 Å². The highest BCUT2D eigenvalue weighted by Crippen LogP contribution is 2.15. The number of benzene rings is 1. The number of aromatic nitrogens is 2. The second kappa shape index (κ2) is 7.44. The highest BCUT2D eigenvalue weighted by atomic mass is 19.3. The number of ether oxygens (including phenoxy) is 1. The summed E-state index contributed by atoms with van der Waals surface area (Å²) in [4.78, 5) is 20.1. The quantitative estimate of drug-likeness (QED) is 0.890. The molecule has 1 atom stereocenters. The minimum Gasteiger partial charge on any atom is -0.435 e. The lowest BCUT2D eigenvalue weighted by atomic mass is 10.1. The van der Waals surface area contributed by atoms with Gasteiger partial charge in [-0.1, -0.05) is 0 Å².